The zero-order chi connectivity index (χ0) is 10.6. The summed E-state index contributed by atoms with van der Waals surface area (Å²) in [6, 6.07) is 9.06. The molecule has 1 aromatic carbocycles. The lowest BCUT2D eigenvalue weighted by molar-refractivity contribution is -0.137. The summed E-state index contributed by atoms with van der Waals surface area (Å²) < 4.78 is -1.09. The number of aliphatic hydroxyl groups is 1. The highest BCUT2D eigenvalue weighted by Gasteiger charge is 2.25. The van der Waals surface area contributed by atoms with Crippen LogP contribution in [0.15, 0.2) is 30.3 Å². The number of hydrogen-bond acceptors (Lipinski definition) is 2. The van der Waals surface area contributed by atoms with Gasteiger partial charge in [-0.1, -0.05) is 30.3 Å². The smallest absolute Gasteiger partial charge is 0.303 e. The molecule has 4 heteroatoms. The molecule has 0 radical (unpaired) electrons. The third kappa shape index (κ3) is 3.26. The van der Waals surface area contributed by atoms with Crippen LogP contribution in [0.3, 0.4) is 0 Å². The summed E-state index contributed by atoms with van der Waals surface area (Å²) in [4.78, 5) is 10.4. The Morgan fingerprint density at radius 1 is 1.36 bits per heavy atom. The van der Waals surface area contributed by atoms with E-state index in [4.69, 9.17) is 5.11 Å². The number of carboxylic acid groups (broad SMARTS) is 1. The second-order valence-electron chi connectivity index (χ2n) is 3.02. The number of halogens is 1. The van der Waals surface area contributed by atoms with Gasteiger partial charge in [0.15, 0.2) is 0 Å². The van der Waals surface area contributed by atoms with Gasteiger partial charge in [-0.25, -0.2) is 0 Å². The number of carboxylic acids is 1. The van der Waals surface area contributed by atoms with E-state index >= 15 is 0 Å². The highest BCUT2D eigenvalue weighted by Crippen LogP contribution is 2.33. The van der Waals surface area contributed by atoms with Crippen molar-refractivity contribution in [2.24, 2.45) is 0 Å². The highest BCUT2D eigenvalue weighted by molar-refractivity contribution is 14.1. The second-order valence-corrected chi connectivity index (χ2v) is 4.80. The lowest BCUT2D eigenvalue weighted by Gasteiger charge is -2.20. The van der Waals surface area contributed by atoms with Gasteiger partial charge in [-0.15, -0.1) is 0 Å². The average molecular weight is 306 g/mol. The molecule has 0 aliphatic heterocycles. The standard InChI is InChI=1S/C10H11IO3/c11-10(14,7-6-9(12)13)8-4-2-1-3-5-8/h1-5,14H,6-7H2,(H,12,13). The van der Waals surface area contributed by atoms with Gasteiger partial charge < -0.3 is 10.2 Å². The number of aliphatic carboxylic acids is 1. The van der Waals surface area contributed by atoms with Gasteiger partial charge in [-0.3, -0.25) is 4.79 Å². The van der Waals surface area contributed by atoms with Crippen molar-refractivity contribution in [1.29, 1.82) is 0 Å². The van der Waals surface area contributed by atoms with Crippen molar-refractivity contribution in [3.8, 4) is 0 Å². The molecule has 76 valence electrons. The number of rotatable bonds is 4. The molecule has 14 heavy (non-hydrogen) atoms. The van der Waals surface area contributed by atoms with E-state index in [1.165, 1.54) is 0 Å². The number of hydrogen-bond donors (Lipinski definition) is 2. The zero-order valence-electron chi connectivity index (χ0n) is 7.48. The molecule has 1 unspecified atom stereocenters. The summed E-state index contributed by atoms with van der Waals surface area (Å²) in [5.41, 5.74) is 0.738. The molecule has 0 amide bonds. The Kier molecular flexibility index (Phi) is 3.88. The number of benzene rings is 1. The topological polar surface area (TPSA) is 57.5 Å². The Morgan fingerprint density at radius 2 is 1.93 bits per heavy atom. The average Bonchev–Trinajstić information content (AvgIpc) is 2.16. The van der Waals surface area contributed by atoms with Gasteiger partial charge >= 0.3 is 5.97 Å². The molecule has 0 saturated heterocycles. The Morgan fingerprint density at radius 3 is 2.43 bits per heavy atom. The van der Waals surface area contributed by atoms with E-state index in [9.17, 15) is 9.90 Å². The van der Waals surface area contributed by atoms with Crippen LogP contribution in [0.5, 0.6) is 0 Å². The molecule has 0 bridgehead atoms. The second kappa shape index (κ2) is 4.75. The summed E-state index contributed by atoms with van der Waals surface area (Å²) in [5, 5.41) is 18.5. The Hall–Kier alpha value is -0.620. The van der Waals surface area contributed by atoms with Crippen molar-refractivity contribution in [3.63, 3.8) is 0 Å². The van der Waals surface area contributed by atoms with E-state index < -0.39 is 9.58 Å². The van der Waals surface area contributed by atoms with Crippen molar-refractivity contribution in [1.82, 2.24) is 0 Å². The summed E-state index contributed by atoms with van der Waals surface area (Å²) in [6.45, 7) is 0. The molecule has 3 nitrogen and oxygen atoms in total. The van der Waals surface area contributed by atoms with Crippen LogP contribution in [0, 0.1) is 0 Å². The maximum atomic E-state index is 10.4. The van der Waals surface area contributed by atoms with Crippen LogP contribution < -0.4 is 0 Å². The van der Waals surface area contributed by atoms with Crippen LogP contribution in [0.25, 0.3) is 0 Å². The molecule has 0 saturated carbocycles. The Labute approximate surface area is 95.9 Å². The molecule has 0 fully saturated rings. The third-order valence-electron chi connectivity index (χ3n) is 1.89. The largest absolute Gasteiger partial charge is 0.481 e. The monoisotopic (exact) mass is 306 g/mol. The van der Waals surface area contributed by atoms with Crippen LogP contribution in [0.4, 0.5) is 0 Å². The van der Waals surface area contributed by atoms with Crippen LogP contribution in [0.2, 0.25) is 0 Å². The molecule has 2 N–H and O–H groups in total. The quantitative estimate of drug-likeness (QED) is 0.662. The first-order chi connectivity index (χ1) is 6.52. The van der Waals surface area contributed by atoms with Gasteiger partial charge in [0.05, 0.1) is 0 Å². The summed E-state index contributed by atoms with van der Waals surface area (Å²) >= 11 is 1.87. The Balaban J connectivity index is 2.70. The fourth-order valence-corrected chi connectivity index (χ4v) is 1.74. The Bertz CT molecular complexity index is 308. The molecule has 1 rings (SSSR count). The van der Waals surface area contributed by atoms with E-state index in [1.807, 2.05) is 40.8 Å². The van der Waals surface area contributed by atoms with Crippen LogP contribution in [0.1, 0.15) is 18.4 Å². The van der Waals surface area contributed by atoms with Crippen molar-refractivity contribution in [2.45, 2.75) is 16.4 Å². The van der Waals surface area contributed by atoms with Gasteiger partial charge in [-0.05, 0) is 28.2 Å². The lowest BCUT2D eigenvalue weighted by atomic mass is 10.1. The van der Waals surface area contributed by atoms with Gasteiger partial charge in [-0.2, -0.15) is 0 Å². The SMILES string of the molecule is O=C(O)CCC(O)(I)c1ccccc1. The van der Waals surface area contributed by atoms with Gasteiger partial charge in [0, 0.05) is 12.8 Å². The van der Waals surface area contributed by atoms with Gasteiger partial charge in [0.1, 0.15) is 3.61 Å². The van der Waals surface area contributed by atoms with E-state index in [-0.39, 0.29) is 12.8 Å². The van der Waals surface area contributed by atoms with Crippen molar-refractivity contribution in [3.05, 3.63) is 35.9 Å². The summed E-state index contributed by atoms with van der Waals surface area (Å²) in [5.74, 6) is -0.893. The highest BCUT2D eigenvalue weighted by atomic mass is 127. The molecular weight excluding hydrogens is 295 g/mol. The maximum absolute atomic E-state index is 10.4. The van der Waals surface area contributed by atoms with Gasteiger partial charge in [0.2, 0.25) is 0 Å². The molecule has 0 spiro atoms. The van der Waals surface area contributed by atoms with Crippen molar-refractivity contribution in [2.75, 3.05) is 0 Å². The van der Waals surface area contributed by atoms with Crippen molar-refractivity contribution >= 4 is 28.6 Å². The summed E-state index contributed by atoms with van der Waals surface area (Å²) in [7, 11) is 0. The fraction of sp³-hybridized carbons (Fsp3) is 0.300. The minimum Gasteiger partial charge on any atom is -0.481 e. The zero-order valence-corrected chi connectivity index (χ0v) is 9.64. The lowest BCUT2D eigenvalue weighted by Crippen LogP contribution is -2.18. The molecule has 1 atom stereocenters. The van der Waals surface area contributed by atoms with Gasteiger partial charge in [0.25, 0.3) is 0 Å². The first kappa shape index (κ1) is 11.5. The molecular formula is C10H11IO3. The van der Waals surface area contributed by atoms with E-state index in [0.717, 1.165) is 5.56 Å². The maximum Gasteiger partial charge on any atom is 0.303 e. The number of carbonyl (C=O) groups is 1. The van der Waals surface area contributed by atoms with Crippen molar-refractivity contribution < 1.29 is 15.0 Å². The van der Waals surface area contributed by atoms with Crippen LogP contribution in [-0.4, -0.2) is 16.2 Å². The first-order valence-electron chi connectivity index (χ1n) is 4.21. The predicted molar refractivity (Wildman–Crippen MR) is 61.2 cm³/mol. The van der Waals surface area contributed by atoms with E-state index in [2.05, 4.69) is 0 Å². The molecule has 0 aliphatic rings. The van der Waals surface area contributed by atoms with E-state index in [1.54, 1.807) is 12.1 Å². The van der Waals surface area contributed by atoms with E-state index in [0.29, 0.717) is 0 Å². The molecule has 0 aromatic heterocycles. The fourth-order valence-electron chi connectivity index (χ4n) is 1.11. The summed E-state index contributed by atoms with van der Waals surface area (Å²) in [6.07, 6.45) is 0.182. The van der Waals surface area contributed by atoms with Crippen LogP contribution >= 0.6 is 22.6 Å². The molecule has 0 heterocycles. The molecule has 0 aliphatic carbocycles. The van der Waals surface area contributed by atoms with Crippen LogP contribution in [-0.2, 0) is 8.40 Å². The minimum atomic E-state index is -1.09. The number of alkyl halides is 1. The molecule has 1 aromatic rings. The normalized spacial score (nSPS) is 14.7. The first-order valence-corrected chi connectivity index (χ1v) is 5.29. The minimum absolute atomic E-state index is 0.0334. The predicted octanol–water partition coefficient (Wildman–Crippen LogP) is 2.13. The third-order valence-corrected chi connectivity index (χ3v) is 3.05.